The summed E-state index contributed by atoms with van der Waals surface area (Å²) in [5, 5.41) is 104. The quantitative estimate of drug-likeness (QED) is 0.0978. The van der Waals surface area contributed by atoms with Crippen molar-refractivity contribution in [3.63, 3.8) is 0 Å². The summed E-state index contributed by atoms with van der Waals surface area (Å²) in [5.74, 6) is -0.101. The van der Waals surface area contributed by atoms with E-state index in [2.05, 4.69) is 0 Å². The minimum atomic E-state index is -1.75. The second kappa shape index (κ2) is 15.2. The normalized spacial score (nSPS) is 46.8. The zero-order valence-electron chi connectivity index (χ0n) is 26.6. The molecule has 0 radical (unpaired) electrons. The van der Waals surface area contributed by atoms with Crippen LogP contribution in [0.15, 0.2) is 23.8 Å². The Bertz CT molecular complexity index is 1130. The van der Waals surface area contributed by atoms with E-state index in [1.54, 1.807) is 27.7 Å². The van der Waals surface area contributed by atoms with Crippen molar-refractivity contribution >= 4 is 5.78 Å². The number of hydrogen-bond donors (Lipinski definition) is 10. The average Bonchev–Trinajstić information content (AvgIpc) is 3.01. The molecule has 47 heavy (non-hydrogen) atoms. The Balaban J connectivity index is 1.33. The Morgan fingerprint density at radius 3 is 2.06 bits per heavy atom. The van der Waals surface area contributed by atoms with Crippen LogP contribution in [0.4, 0.5) is 0 Å². The van der Waals surface area contributed by atoms with Crippen molar-refractivity contribution < 1.29 is 84.3 Å². The topological polar surface area (TPSA) is 275 Å². The van der Waals surface area contributed by atoms with Crippen LogP contribution in [0.1, 0.15) is 34.1 Å². The standard InChI is InChI=1S/C30H48O17/c1-12-7-14(32)8-29(3,4)30(12,41)6-5-13(2)44-27-24(39)22(37)19(34)16(46-27)10-42-26-23(38)20(35)17(11-43-26)47-28-25(40)21(36)18(33)15(9-31)45-28/h5-7,13,15-28,31,33-41H,8-11H2,1-4H3. The van der Waals surface area contributed by atoms with Gasteiger partial charge in [-0.1, -0.05) is 19.9 Å². The smallest absolute Gasteiger partial charge is 0.187 e. The molecule has 0 amide bonds. The summed E-state index contributed by atoms with van der Waals surface area (Å²) in [6, 6.07) is 0. The molecule has 16 unspecified atom stereocenters. The molecule has 0 aromatic heterocycles. The van der Waals surface area contributed by atoms with E-state index in [0.717, 1.165) is 0 Å². The van der Waals surface area contributed by atoms with E-state index in [0.29, 0.717) is 5.57 Å². The minimum absolute atomic E-state index is 0.101. The van der Waals surface area contributed by atoms with E-state index >= 15 is 0 Å². The van der Waals surface area contributed by atoms with Gasteiger partial charge in [0.25, 0.3) is 0 Å². The van der Waals surface area contributed by atoms with Crippen LogP contribution in [-0.4, -0.2) is 174 Å². The van der Waals surface area contributed by atoms with Crippen molar-refractivity contribution in [3.05, 3.63) is 23.8 Å². The third-order valence-corrected chi connectivity index (χ3v) is 9.27. The number of aliphatic hydroxyl groups excluding tert-OH is 9. The molecule has 3 fully saturated rings. The van der Waals surface area contributed by atoms with Crippen molar-refractivity contribution in [1.82, 2.24) is 0 Å². The highest BCUT2D eigenvalue weighted by Gasteiger charge is 2.50. The van der Waals surface area contributed by atoms with Gasteiger partial charge < -0.3 is 79.5 Å². The molecule has 3 heterocycles. The first-order valence-electron chi connectivity index (χ1n) is 15.5. The van der Waals surface area contributed by atoms with Gasteiger partial charge in [0.2, 0.25) is 0 Å². The van der Waals surface area contributed by atoms with Gasteiger partial charge in [0.1, 0.15) is 72.7 Å². The van der Waals surface area contributed by atoms with Gasteiger partial charge in [-0.05, 0) is 31.6 Å². The molecule has 0 aromatic carbocycles. The number of ketones is 1. The van der Waals surface area contributed by atoms with Crippen LogP contribution in [0.25, 0.3) is 0 Å². The summed E-state index contributed by atoms with van der Waals surface area (Å²) in [5.41, 5.74) is -1.81. The maximum Gasteiger partial charge on any atom is 0.187 e. The second-order valence-corrected chi connectivity index (χ2v) is 13.2. The predicted octanol–water partition coefficient (Wildman–Crippen LogP) is -4.29. The zero-order chi connectivity index (χ0) is 35.0. The van der Waals surface area contributed by atoms with Crippen LogP contribution >= 0.6 is 0 Å². The van der Waals surface area contributed by atoms with Crippen LogP contribution < -0.4 is 0 Å². The van der Waals surface area contributed by atoms with Crippen molar-refractivity contribution in [2.45, 2.75) is 132 Å². The van der Waals surface area contributed by atoms with Crippen molar-refractivity contribution in [1.29, 1.82) is 0 Å². The minimum Gasteiger partial charge on any atom is -0.394 e. The maximum absolute atomic E-state index is 12.0. The Kier molecular flexibility index (Phi) is 12.4. The number of ether oxygens (including phenoxy) is 6. The van der Waals surface area contributed by atoms with Crippen LogP contribution in [0.3, 0.4) is 0 Å². The molecule has 1 aliphatic carbocycles. The largest absolute Gasteiger partial charge is 0.394 e. The molecule has 270 valence electrons. The Morgan fingerprint density at radius 1 is 0.872 bits per heavy atom. The molecular weight excluding hydrogens is 632 g/mol. The average molecular weight is 681 g/mol. The van der Waals surface area contributed by atoms with E-state index in [1.165, 1.54) is 18.2 Å². The SMILES string of the molecule is CC1=CC(=O)CC(C)(C)C1(O)C=CC(C)OC1OC(COC2OCC(OC3OC(CO)C(O)C(O)C3O)C(O)C2O)C(O)C(O)C1O. The summed E-state index contributed by atoms with van der Waals surface area (Å²) in [4.78, 5) is 12.0. The molecule has 17 heteroatoms. The molecule has 4 rings (SSSR count). The molecule has 4 aliphatic rings. The molecule has 0 spiro atoms. The molecule has 0 bridgehead atoms. The van der Waals surface area contributed by atoms with Gasteiger partial charge in [0, 0.05) is 11.8 Å². The summed E-state index contributed by atoms with van der Waals surface area (Å²) in [7, 11) is 0. The van der Waals surface area contributed by atoms with Gasteiger partial charge in [-0.25, -0.2) is 0 Å². The van der Waals surface area contributed by atoms with Gasteiger partial charge >= 0.3 is 0 Å². The van der Waals surface area contributed by atoms with Crippen LogP contribution in [-0.2, 0) is 33.2 Å². The highest BCUT2D eigenvalue weighted by Crippen LogP contribution is 2.44. The van der Waals surface area contributed by atoms with Gasteiger partial charge in [0.05, 0.1) is 25.9 Å². The molecule has 3 saturated heterocycles. The first-order chi connectivity index (χ1) is 21.9. The Morgan fingerprint density at radius 2 is 1.45 bits per heavy atom. The van der Waals surface area contributed by atoms with Crippen molar-refractivity contribution in [2.24, 2.45) is 5.41 Å². The lowest BCUT2D eigenvalue weighted by molar-refractivity contribution is -0.349. The first kappa shape index (κ1) is 38.3. The number of allylic oxidation sites excluding steroid dienone is 1. The van der Waals surface area contributed by atoms with Crippen LogP contribution in [0.5, 0.6) is 0 Å². The maximum atomic E-state index is 12.0. The zero-order valence-corrected chi connectivity index (χ0v) is 26.6. The molecule has 0 aromatic rings. The number of carbonyl (C=O) groups is 1. The fourth-order valence-corrected chi connectivity index (χ4v) is 6.14. The first-order valence-corrected chi connectivity index (χ1v) is 15.5. The Labute approximate surface area is 271 Å². The lowest BCUT2D eigenvalue weighted by Crippen LogP contribution is -2.62. The van der Waals surface area contributed by atoms with E-state index in [4.69, 9.17) is 28.4 Å². The van der Waals surface area contributed by atoms with E-state index < -0.39 is 123 Å². The molecule has 3 aliphatic heterocycles. The van der Waals surface area contributed by atoms with Crippen molar-refractivity contribution in [2.75, 3.05) is 19.8 Å². The molecule has 0 saturated carbocycles. The molecule has 10 N–H and O–H groups in total. The molecule has 17 nitrogen and oxygen atoms in total. The fraction of sp³-hybridized carbons (Fsp3) is 0.833. The van der Waals surface area contributed by atoms with Crippen molar-refractivity contribution in [3.8, 4) is 0 Å². The van der Waals surface area contributed by atoms with E-state index in [-0.39, 0.29) is 12.2 Å². The number of carbonyl (C=O) groups excluding carboxylic acids is 1. The third-order valence-electron chi connectivity index (χ3n) is 9.27. The fourth-order valence-electron chi connectivity index (χ4n) is 6.14. The van der Waals surface area contributed by atoms with Crippen LogP contribution in [0, 0.1) is 5.41 Å². The predicted molar refractivity (Wildman–Crippen MR) is 155 cm³/mol. The monoisotopic (exact) mass is 680 g/mol. The number of aliphatic hydroxyl groups is 10. The van der Waals surface area contributed by atoms with Gasteiger partial charge in [-0.2, -0.15) is 0 Å². The lowest BCUT2D eigenvalue weighted by Gasteiger charge is -2.44. The summed E-state index contributed by atoms with van der Waals surface area (Å²) in [6.07, 6.45) is -18.2. The third kappa shape index (κ3) is 7.96. The lowest BCUT2D eigenvalue weighted by atomic mass is 9.64. The Hall–Kier alpha value is -1.49. The molecule has 16 atom stereocenters. The number of hydrogen-bond acceptors (Lipinski definition) is 17. The summed E-state index contributed by atoms with van der Waals surface area (Å²) >= 11 is 0. The summed E-state index contributed by atoms with van der Waals surface area (Å²) < 4.78 is 33.2. The highest BCUT2D eigenvalue weighted by molar-refractivity contribution is 5.92. The van der Waals surface area contributed by atoms with Gasteiger partial charge in [0.15, 0.2) is 24.7 Å². The van der Waals surface area contributed by atoms with E-state index in [1.807, 2.05) is 0 Å². The molecular formula is C30H48O17. The van der Waals surface area contributed by atoms with E-state index in [9.17, 15) is 55.9 Å². The number of rotatable bonds is 10. The van der Waals surface area contributed by atoms with Gasteiger partial charge in [-0.15, -0.1) is 0 Å². The summed E-state index contributed by atoms with van der Waals surface area (Å²) in [6.45, 7) is 5.14. The highest BCUT2D eigenvalue weighted by atomic mass is 16.7. The van der Waals surface area contributed by atoms with Crippen LogP contribution in [0.2, 0.25) is 0 Å². The second-order valence-electron chi connectivity index (χ2n) is 13.2. The van der Waals surface area contributed by atoms with Gasteiger partial charge in [-0.3, -0.25) is 4.79 Å².